The summed E-state index contributed by atoms with van der Waals surface area (Å²) < 4.78 is 33.1. The van der Waals surface area contributed by atoms with E-state index >= 15 is 0 Å². The molecule has 0 spiro atoms. The lowest BCUT2D eigenvalue weighted by atomic mass is 9.99. The third-order valence-electron chi connectivity index (χ3n) is 4.83. The summed E-state index contributed by atoms with van der Waals surface area (Å²) >= 11 is 0. The molecule has 148 valence electrons. The maximum Gasteiger partial charge on any atom is 0.262 e. The van der Waals surface area contributed by atoms with Gasteiger partial charge in [0.15, 0.2) is 6.61 Å². The molecule has 0 saturated carbocycles. The van der Waals surface area contributed by atoms with E-state index in [2.05, 4.69) is 10.6 Å². The van der Waals surface area contributed by atoms with Crippen molar-refractivity contribution in [2.24, 2.45) is 5.92 Å². The van der Waals surface area contributed by atoms with Crippen molar-refractivity contribution in [2.75, 3.05) is 31.6 Å². The first-order valence-electron chi connectivity index (χ1n) is 9.18. The van der Waals surface area contributed by atoms with Gasteiger partial charge in [0.1, 0.15) is 5.75 Å². The van der Waals surface area contributed by atoms with Crippen LogP contribution in [0.1, 0.15) is 31.7 Å². The van der Waals surface area contributed by atoms with E-state index in [-0.39, 0.29) is 35.8 Å². The predicted molar refractivity (Wildman–Crippen MR) is 100 cm³/mol. The number of sulfonamides is 1. The van der Waals surface area contributed by atoms with Crippen molar-refractivity contribution in [2.45, 2.75) is 38.0 Å². The number of carbonyl (C=O) groups excluding carboxylic acids is 2. The van der Waals surface area contributed by atoms with Crippen LogP contribution >= 0.6 is 0 Å². The lowest BCUT2D eigenvalue weighted by Crippen LogP contribution is -2.45. The first-order chi connectivity index (χ1) is 12.8. The fourth-order valence-corrected chi connectivity index (χ4v) is 5.15. The molecule has 2 amide bonds. The average molecular weight is 395 g/mol. The molecule has 2 aliphatic rings. The Hall–Kier alpha value is -2.13. The van der Waals surface area contributed by atoms with Gasteiger partial charge in [-0.2, -0.15) is 4.31 Å². The molecule has 1 saturated heterocycles. The van der Waals surface area contributed by atoms with Gasteiger partial charge in [-0.05, 0) is 37.8 Å². The Balaban J connectivity index is 1.83. The van der Waals surface area contributed by atoms with Crippen LogP contribution in [0.15, 0.2) is 17.0 Å². The number of rotatable bonds is 5. The molecule has 1 fully saturated rings. The van der Waals surface area contributed by atoms with Crippen LogP contribution in [0, 0.1) is 12.8 Å². The number of amides is 2. The summed E-state index contributed by atoms with van der Waals surface area (Å²) in [6, 6.07) is 3.06. The second-order valence-electron chi connectivity index (χ2n) is 6.94. The standard InChI is InChI=1S/C18H25N3O5S/c1-3-6-19-18(23)13-5-4-7-21(10-13)27(24,25)16-9-15-14(8-12(16)2)20-17(22)11-26-15/h8-9,13H,3-7,10-11H2,1-2H3,(H,19,23)(H,20,22)/t13-/m0/s1. The number of nitrogens with zero attached hydrogens (tertiary/aromatic N) is 1. The number of hydrogen-bond acceptors (Lipinski definition) is 5. The Kier molecular flexibility index (Phi) is 5.71. The van der Waals surface area contributed by atoms with Gasteiger partial charge >= 0.3 is 0 Å². The van der Waals surface area contributed by atoms with Crippen LogP contribution in [0.5, 0.6) is 5.75 Å². The van der Waals surface area contributed by atoms with E-state index < -0.39 is 10.0 Å². The number of ether oxygens (including phenoxy) is 1. The summed E-state index contributed by atoms with van der Waals surface area (Å²) in [6.45, 7) is 4.67. The topological polar surface area (TPSA) is 105 Å². The molecule has 2 heterocycles. The van der Waals surface area contributed by atoms with Crippen LogP contribution < -0.4 is 15.4 Å². The van der Waals surface area contributed by atoms with Crippen LogP contribution in [0.25, 0.3) is 0 Å². The van der Waals surface area contributed by atoms with E-state index in [4.69, 9.17) is 4.74 Å². The Labute approximate surface area is 159 Å². The van der Waals surface area contributed by atoms with E-state index in [1.807, 2.05) is 6.92 Å². The number of anilines is 1. The summed E-state index contributed by atoms with van der Waals surface area (Å²) in [5, 5.41) is 5.52. The van der Waals surface area contributed by atoms with Gasteiger partial charge in [0.05, 0.1) is 16.5 Å². The smallest absolute Gasteiger partial charge is 0.262 e. The Bertz CT molecular complexity index is 853. The van der Waals surface area contributed by atoms with E-state index in [1.165, 1.54) is 10.4 Å². The molecule has 8 nitrogen and oxygen atoms in total. The molecular weight excluding hydrogens is 370 g/mol. The molecule has 27 heavy (non-hydrogen) atoms. The van der Waals surface area contributed by atoms with Crippen molar-refractivity contribution < 1.29 is 22.7 Å². The molecular formula is C18H25N3O5S. The Morgan fingerprint density at radius 1 is 1.41 bits per heavy atom. The summed E-state index contributed by atoms with van der Waals surface area (Å²) in [6.07, 6.45) is 2.16. The van der Waals surface area contributed by atoms with Crippen LogP contribution in [0.3, 0.4) is 0 Å². The largest absolute Gasteiger partial charge is 0.482 e. The summed E-state index contributed by atoms with van der Waals surface area (Å²) in [5.41, 5.74) is 0.996. The summed E-state index contributed by atoms with van der Waals surface area (Å²) in [4.78, 5) is 23.8. The second kappa shape index (κ2) is 7.85. The number of fused-ring (bicyclic) bond motifs is 1. The van der Waals surface area contributed by atoms with Crippen molar-refractivity contribution in [3.8, 4) is 5.75 Å². The van der Waals surface area contributed by atoms with E-state index in [9.17, 15) is 18.0 Å². The van der Waals surface area contributed by atoms with Crippen molar-refractivity contribution in [1.82, 2.24) is 9.62 Å². The van der Waals surface area contributed by atoms with Gasteiger partial charge in [-0.15, -0.1) is 0 Å². The maximum atomic E-state index is 13.2. The van der Waals surface area contributed by atoms with Gasteiger partial charge in [-0.1, -0.05) is 6.92 Å². The van der Waals surface area contributed by atoms with Crippen LogP contribution in [-0.4, -0.2) is 50.8 Å². The molecule has 1 atom stereocenters. The average Bonchev–Trinajstić information content (AvgIpc) is 2.65. The van der Waals surface area contributed by atoms with Crippen molar-refractivity contribution >= 4 is 27.5 Å². The molecule has 2 N–H and O–H groups in total. The molecule has 0 unspecified atom stereocenters. The molecule has 0 aromatic heterocycles. The van der Waals surface area contributed by atoms with Gasteiger partial charge in [0, 0.05) is 25.7 Å². The number of carbonyl (C=O) groups is 2. The number of benzene rings is 1. The first-order valence-corrected chi connectivity index (χ1v) is 10.6. The third-order valence-corrected chi connectivity index (χ3v) is 6.84. The van der Waals surface area contributed by atoms with Gasteiger partial charge in [0.2, 0.25) is 15.9 Å². The minimum atomic E-state index is -3.77. The predicted octanol–water partition coefficient (Wildman–Crippen LogP) is 1.25. The third kappa shape index (κ3) is 4.08. The molecule has 9 heteroatoms. The van der Waals surface area contributed by atoms with E-state index in [1.54, 1.807) is 13.0 Å². The van der Waals surface area contributed by atoms with Crippen molar-refractivity contribution in [3.63, 3.8) is 0 Å². The van der Waals surface area contributed by atoms with Crippen LogP contribution in [0.2, 0.25) is 0 Å². The number of hydrogen-bond donors (Lipinski definition) is 2. The highest BCUT2D eigenvalue weighted by Crippen LogP contribution is 2.35. The lowest BCUT2D eigenvalue weighted by molar-refractivity contribution is -0.126. The number of piperidine rings is 1. The quantitative estimate of drug-likeness (QED) is 0.781. The normalized spacial score (nSPS) is 20.4. The molecule has 2 aliphatic heterocycles. The van der Waals surface area contributed by atoms with Crippen LogP contribution in [-0.2, 0) is 19.6 Å². The van der Waals surface area contributed by atoms with Gasteiger partial charge in [0.25, 0.3) is 5.91 Å². The van der Waals surface area contributed by atoms with E-state index in [0.717, 1.165) is 6.42 Å². The monoisotopic (exact) mass is 395 g/mol. The Morgan fingerprint density at radius 3 is 2.93 bits per heavy atom. The number of aryl methyl sites for hydroxylation is 1. The van der Waals surface area contributed by atoms with Gasteiger partial charge in [-0.25, -0.2) is 8.42 Å². The molecule has 0 radical (unpaired) electrons. The second-order valence-corrected chi connectivity index (χ2v) is 8.85. The van der Waals surface area contributed by atoms with E-state index in [0.29, 0.717) is 42.9 Å². The summed E-state index contributed by atoms with van der Waals surface area (Å²) in [7, 11) is -3.77. The number of nitrogens with one attached hydrogen (secondary N) is 2. The highest BCUT2D eigenvalue weighted by Gasteiger charge is 2.34. The fraction of sp³-hybridized carbons (Fsp3) is 0.556. The first kappa shape index (κ1) is 19.6. The van der Waals surface area contributed by atoms with Gasteiger partial charge < -0.3 is 15.4 Å². The zero-order chi connectivity index (χ0) is 19.6. The fourth-order valence-electron chi connectivity index (χ4n) is 3.40. The molecule has 0 aliphatic carbocycles. The summed E-state index contributed by atoms with van der Waals surface area (Å²) in [5.74, 6) is -0.360. The zero-order valence-electron chi connectivity index (χ0n) is 15.6. The highest BCUT2D eigenvalue weighted by molar-refractivity contribution is 7.89. The van der Waals surface area contributed by atoms with Crippen molar-refractivity contribution in [1.29, 1.82) is 0 Å². The zero-order valence-corrected chi connectivity index (χ0v) is 16.4. The minimum Gasteiger partial charge on any atom is -0.482 e. The highest BCUT2D eigenvalue weighted by atomic mass is 32.2. The Morgan fingerprint density at radius 2 is 2.19 bits per heavy atom. The molecule has 0 bridgehead atoms. The van der Waals surface area contributed by atoms with Crippen LogP contribution in [0.4, 0.5) is 5.69 Å². The minimum absolute atomic E-state index is 0.0926. The molecule has 3 rings (SSSR count). The van der Waals surface area contributed by atoms with Gasteiger partial charge in [-0.3, -0.25) is 9.59 Å². The van der Waals surface area contributed by atoms with Crippen molar-refractivity contribution in [3.05, 3.63) is 17.7 Å². The molecule has 1 aromatic carbocycles. The molecule has 1 aromatic rings. The lowest BCUT2D eigenvalue weighted by Gasteiger charge is -2.32. The SMILES string of the molecule is CCCNC(=O)[C@H]1CCCN(S(=O)(=O)c2cc3c(cc2C)NC(=O)CO3)C1. The maximum absolute atomic E-state index is 13.2.